The fourth-order valence-corrected chi connectivity index (χ4v) is 0.579. The lowest BCUT2D eigenvalue weighted by atomic mass is 10.2. The quantitative estimate of drug-likeness (QED) is 0.221. The van der Waals surface area contributed by atoms with E-state index < -0.39 is 48.3 Å². The van der Waals surface area contributed by atoms with Crippen molar-refractivity contribution >= 4 is 29.8 Å². The SMILES string of the molecule is NC(=O)C[C@H](N)C(=O)O.NCC(=O)O.N[C@@H](CC(=O)O)C(=O)O. The van der Waals surface area contributed by atoms with Crippen molar-refractivity contribution < 1.29 is 44.4 Å². The molecule has 13 nitrogen and oxygen atoms in total. The third-order valence-corrected chi connectivity index (χ3v) is 1.62. The van der Waals surface area contributed by atoms with Crippen molar-refractivity contribution in [3.05, 3.63) is 0 Å². The summed E-state index contributed by atoms with van der Waals surface area (Å²) in [6.07, 6.45) is -0.843. The molecular formula is C10H20N4O9. The van der Waals surface area contributed by atoms with Gasteiger partial charge in [0.15, 0.2) is 0 Å². The Morgan fingerprint density at radius 3 is 1.13 bits per heavy atom. The maximum Gasteiger partial charge on any atom is 0.321 e. The van der Waals surface area contributed by atoms with E-state index in [1.54, 1.807) is 0 Å². The molecule has 0 unspecified atom stereocenters. The molecule has 0 radical (unpaired) electrons. The summed E-state index contributed by atoms with van der Waals surface area (Å²) in [7, 11) is 0. The van der Waals surface area contributed by atoms with Gasteiger partial charge in [0, 0.05) is 0 Å². The molecule has 1 amide bonds. The van der Waals surface area contributed by atoms with E-state index >= 15 is 0 Å². The third-order valence-electron chi connectivity index (χ3n) is 1.62. The van der Waals surface area contributed by atoms with Crippen molar-refractivity contribution in [1.82, 2.24) is 0 Å². The van der Waals surface area contributed by atoms with Crippen LogP contribution >= 0.6 is 0 Å². The van der Waals surface area contributed by atoms with Gasteiger partial charge in [-0.3, -0.25) is 24.0 Å². The average Bonchev–Trinajstić information content (AvgIpc) is 2.38. The van der Waals surface area contributed by atoms with Gasteiger partial charge in [-0.2, -0.15) is 0 Å². The van der Waals surface area contributed by atoms with Gasteiger partial charge >= 0.3 is 23.9 Å². The summed E-state index contributed by atoms with van der Waals surface area (Å²) in [5.74, 6) is -5.38. The number of amides is 1. The number of carbonyl (C=O) groups is 5. The van der Waals surface area contributed by atoms with Crippen LogP contribution in [0.4, 0.5) is 0 Å². The molecule has 0 aromatic carbocycles. The highest BCUT2D eigenvalue weighted by Gasteiger charge is 2.14. The summed E-state index contributed by atoms with van der Waals surface area (Å²) >= 11 is 0. The number of rotatable bonds is 7. The molecule has 0 aromatic heterocycles. The van der Waals surface area contributed by atoms with Crippen LogP contribution in [0.15, 0.2) is 0 Å². The van der Waals surface area contributed by atoms with Crippen LogP contribution in [-0.4, -0.2) is 68.8 Å². The van der Waals surface area contributed by atoms with Gasteiger partial charge in [0.05, 0.1) is 19.4 Å². The number of carbonyl (C=O) groups excluding carboxylic acids is 1. The standard InChI is InChI=1S/C4H8N2O3.C4H7NO4.C2H5NO2/c2*5-2(4(8)9)1-3(6)7;3-1-2(4)5/h2H,1,5H2,(H2,6,7)(H,8,9);2H,1,5H2,(H,6,7)(H,8,9);1,3H2,(H,4,5)/t2*2-;/m00./s1. The number of hydrogen-bond acceptors (Lipinski definition) is 8. The molecular weight excluding hydrogens is 320 g/mol. The molecule has 134 valence electrons. The number of carboxylic acid groups (broad SMARTS) is 4. The maximum absolute atomic E-state index is 9.99. The van der Waals surface area contributed by atoms with Crippen LogP contribution in [0.1, 0.15) is 12.8 Å². The molecule has 13 heteroatoms. The number of aliphatic carboxylic acids is 4. The first-order chi connectivity index (χ1) is 10.3. The van der Waals surface area contributed by atoms with Crippen LogP contribution < -0.4 is 22.9 Å². The second kappa shape index (κ2) is 14.2. The van der Waals surface area contributed by atoms with Gasteiger partial charge in [-0.15, -0.1) is 0 Å². The molecule has 0 rings (SSSR count). The van der Waals surface area contributed by atoms with E-state index in [1.165, 1.54) is 0 Å². The molecule has 0 fully saturated rings. The van der Waals surface area contributed by atoms with Crippen LogP contribution in [0.3, 0.4) is 0 Å². The van der Waals surface area contributed by atoms with Gasteiger partial charge in [-0.05, 0) is 0 Å². The topological polar surface area (TPSA) is 270 Å². The van der Waals surface area contributed by atoms with Gasteiger partial charge in [0.2, 0.25) is 5.91 Å². The summed E-state index contributed by atoms with van der Waals surface area (Å²) in [5.41, 5.74) is 19.0. The second-order valence-electron chi connectivity index (χ2n) is 3.76. The monoisotopic (exact) mass is 340 g/mol. The van der Waals surface area contributed by atoms with Gasteiger partial charge in [0.25, 0.3) is 0 Å². The van der Waals surface area contributed by atoms with Crippen molar-refractivity contribution in [2.75, 3.05) is 6.54 Å². The summed E-state index contributed by atoms with van der Waals surface area (Å²) in [6.45, 7) is -0.278. The van der Waals surface area contributed by atoms with E-state index in [4.69, 9.17) is 31.9 Å². The smallest absolute Gasteiger partial charge is 0.321 e. The van der Waals surface area contributed by atoms with Gasteiger partial charge < -0.3 is 43.4 Å². The predicted molar refractivity (Wildman–Crippen MR) is 74.0 cm³/mol. The van der Waals surface area contributed by atoms with Gasteiger partial charge in [-0.1, -0.05) is 0 Å². The zero-order chi connectivity index (χ0) is 19.2. The normalized spacial score (nSPS) is 11.4. The summed E-state index contributed by atoms with van der Waals surface area (Å²) in [5, 5.41) is 31.7. The van der Waals surface area contributed by atoms with Crippen molar-refractivity contribution in [1.29, 1.82) is 0 Å². The summed E-state index contributed by atoms with van der Waals surface area (Å²) in [4.78, 5) is 48.8. The van der Waals surface area contributed by atoms with E-state index in [-0.39, 0.29) is 13.0 Å². The molecule has 23 heavy (non-hydrogen) atoms. The van der Waals surface area contributed by atoms with Gasteiger partial charge in [0.1, 0.15) is 12.1 Å². The molecule has 0 bridgehead atoms. The minimum absolute atomic E-state index is 0.278. The molecule has 0 aliphatic heterocycles. The Morgan fingerprint density at radius 1 is 0.739 bits per heavy atom. The Hall–Kier alpha value is -2.77. The summed E-state index contributed by atoms with van der Waals surface area (Å²) in [6, 6.07) is -2.45. The average molecular weight is 340 g/mol. The largest absolute Gasteiger partial charge is 0.481 e. The van der Waals surface area contributed by atoms with Crippen LogP contribution in [-0.2, 0) is 24.0 Å². The van der Waals surface area contributed by atoms with Crippen molar-refractivity contribution in [2.45, 2.75) is 24.9 Å². The minimum Gasteiger partial charge on any atom is -0.481 e. The molecule has 0 spiro atoms. The Morgan fingerprint density at radius 2 is 1.04 bits per heavy atom. The molecule has 0 aliphatic carbocycles. The summed E-state index contributed by atoms with van der Waals surface area (Å²) < 4.78 is 0. The fourth-order valence-electron chi connectivity index (χ4n) is 0.579. The molecule has 0 saturated carbocycles. The van der Waals surface area contributed by atoms with E-state index in [0.717, 1.165) is 0 Å². The lowest BCUT2D eigenvalue weighted by Gasteiger charge is -1.99. The van der Waals surface area contributed by atoms with Crippen LogP contribution in [0.25, 0.3) is 0 Å². The molecule has 0 aliphatic rings. The molecule has 0 aromatic rings. The predicted octanol–water partition coefficient (Wildman–Crippen LogP) is -3.82. The molecule has 0 saturated heterocycles. The highest BCUT2D eigenvalue weighted by Crippen LogP contribution is 1.86. The first-order valence-corrected chi connectivity index (χ1v) is 5.73. The van der Waals surface area contributed by atoms with Crippen molar-refractivity contribution in [3.63, 3.8) is 0 Å². The van der Waals surface area contributed by atoms with Crippen LogP contribution in [0.2, 0.25) is 0 Å². The van der Waals surface area contributed by atoms with E-state index in [0.29, 0.717) is 0 Å². The Labute approximate surface area is 129 Å². The van der Waals surface area contributed by atoms with E-state index in [2.05, 4.69) is 11.5 Å². The number of nitrogens with two attached hydrogens (primary N) is 4. The lowest BCUT2D eigenvalue weighted by Crippen LogP contribution is -2.34. The minimum atomic E-state index is -1.29. The molecule has 2 atom stereocenters. The van der Waals surface area contributed by atoms with Gasteiger partial charge in [-0.25, -0.2) is 0 Å². The number of primary amides is 1. The Kier molecular flexibility index (Phi) is 15.5. The van der Waals surface area contributed by atoms with Crippen LogP contribution in [0.5, 0.6) is 0 Å². The third kappa shape index (κ3) is 24.6. The number of hydrogen-bond donors (Lipinski definition) is 8. The highest BCUT2D eigenvalue weighted by molar-refractivity contribution is 5.83. The second-order valence-corrected chi connectivity index (χ2v) is 3.76. The Bertz CT molecular complexity index is 395. The zero-order valence-corrected chi connectivity index (χ0v) is 11.9. The van der Waals surface area contributed by atoms with E-state index in [9.17, 15) is 24.0 Å². The highest BCUT2D eigenvalue weighted by atomic mass is 16.4. The lowest BCUT2D eigenvalue weighted by molar-refractivity contribution is -0.144. The fraction of sp³-hybridized carbons (Fsp3) is 0.500. The first kappa shape index (κ1) is 25.2. The van der Waals surface area contributed by atoms with Crippen molar-refractivity contribution in [3.8, 4) is 0 Å². The maximum atomic E-state index is 9.99. The molecule has 12 N–H and O–H groups in total. The van der Waals surface area contributed by atoms with Crippen molar-refractivity contribution in [2.24, 2.45) is 22.9 Å². The van der Waals surface area contributed by atoms with Crippen LogP contribution in [0, 0.1) is 0 Å². The number of carboxylic acids is 4. The first-order valence-electron chi connectivity index (χ1n) is 5.73. The Balaban J connectivity index is -0.000000273. The molecule has 0 heterocycles. The zero-order valence-electron chi connectivity index (χ0n) is 11.9. The van der Waals surface area contributed by atoms with E-state index in [1.807, 2.05) is 0 Å².